The molecule has 1 aliphatic rings. The lowest BCUT2D eigenvalue weighted by Crippen LogP contribution is -2.42. The van der Waals surface area contributed by atoms with E-state index in [1.807, 2.05) is 12.1 Å². The van der Waals surface area contributed by atoms with Gasteiger partial charge < -0.3 is 10.0 Å². The highest BCUT2D eigenvalue weighted by molar-refractivity contribution is 5.87. The van der Waals surface area contributed by atoms with Crippen LogP contribution in [0.1, 0.15) is 35.7 Å². The summed E-state index contributed by atoms with van der Waals surface area (Å²) in [4.78, 5) is 18.3. The summed E-state index contributed by atoms with van der Waals surface area (Å²) in [5, 5.41) is 9.03. The van der Waals surface area contributed by atoms with E-state index in [9.17, 15) is 4.79 Å². The lowest BCUT2D eigenvalue weighted by atomic mass is 10.1. The minimum atomic E-state index is -0.865. The number of carbonyl (C=O) groups is 1. The number of nitrogens with zero attached hydrogens (tertiary/aromatic N) is 3. The van der Waals surface area contributed by atoms with Crippen LogP contribution in [0.3, 0.4) is 0 Å². The van der Waals surface area contributed by atoms with Gasteiger partial charge in [-0.25, -0.2) is 4.79 Å². The van der Waals surface area contributed by atoms with Gasteiger partial charge >= 0.3 is 5.97 Å². The van der Waals surface area contributed by atoms with Crippen molar-refractivity contribution >= 4 is 5.97 Å². The number of hydrogen-bond donors (Lipinski definition) is 1. The molecule has 1 heterocycles. The summed E-state index contributed by atoms with van der Waals surface area (Å²) >= 11 is 0. The van der Waals surface area contributed by atoms with Crippen molar-refractivity contribution in [1.82, 2.24) is 14.7 Å². The third-order valence-electron chi connectivity index (χ3n) is 4.84. The molecule has 1 fully saturated rings. The van der Waals surface area contributed by atoms with Gasteiger partial charge in [0.2, 0.25) is 0 Å². The van der Waals surface area contributed by atoms with E-state index in [0.29, 0.717) is 11.6 Å². The van der Waals surface area contributed by atoms with E-state index in [0.717, 1.165) is 32.7 Å². The zero-order valence-electron chi connectivity index (χ0n) is 15.2. The number of likely N-dealkylation sites (tertiary alicyclic amines) is 1. The van der Waals surface area contributed by atoms with Crippen LogP contribution in [0.15, 0.2) is 24.3 Å². The summed E-state index contributed by atoms with van der Waals surface area (Å²) in [5.41, 5.74) is 1.53. The highest BCUT2D eigenvalue weighted by atomic mass is 16.4. The quantitative estimate of drug-likeness (QED) is 0.751. The Morgan fingerprint density at radius 2 is 1.96 bits per heavy atom. The first-order valence-electron chi connectivity index (χ1n) is 8.93. The van der Waals surface area contributed by atoms with Crippen molar-refractivity contribution in [3.05, 3.63) is 35.4 Å². The van der Waals surface area contributed by atoms with E-state index in [4.69, 9.17) is 5.11 Å². The molecule has 24 heavy (non-hydrogen) atoms. The van der Waals surface area contributed by atoms with Crippen LogP contribution in [0.2, 0.25) is 0 Å². The van der Waals surface area contributed by atoms with Gasteiger partial charge in [-0.3, -0.25) is 9.80 Å². The summed E-state index contributed by atoms with van der Waals surface area (Å²) in [7, 11) is 4.21. The highest BCUT2D eigenvalue weighted by Crippen LogP contribution is 2.19. The van der Waals surface area contributed by atoms with Crippen LogP contribution in [0, 0.1) is 0 Å². The van der Waals surface area contributed by atoms with E-state index < -0.39 is 5.97 Å². The van der Waals surface area contributed by atoms with Gasteiger partial charge in [-0.1, -0.05) is 19.1 Å². The third-order valence-corrected chi connectivity index (χ3v) is 4.84. The fraction of sp³-hybridized carbons (Fsp3) is 0.632. The van der Waals surface area contributed by atoms with Gasteiger partial charge in [0.15, 0.2) is 0 Å². The van der Waals surface area contributed by atoms with Crippen molar-refractivity contribution in [2.24, 2.45) is 0 Å². The maximum Gasteiger partial charge on any atom is 0.335 e. The van der Waals surface area contributed by atoms with Gasteiger partial charge in [-0.05, 0) is 57.7 Å². The predicted octanol–water partition coefficient (Wildman–Crippen LogP) is 2.23. The second-order valence-electron chi connectivity index (χ2n) is 6.97. The Morgan fingerprint density at radius 1 is 1.25 bits per heavy atom. The second-order valence-corrected chi connectivity index (χ2v) is 6.97. The van der Waals surface area contributed by atoms with Crippen LogP contribution in [-0.2, 0) is 6.54 Å². The number of benzene rings is 1. The molecule has 0 spiro atoms. The molecule has 0 aromatic heterocycles. The van der Waals surface area contributed by atoms with Crippen molar-refractivity contribution in [3.63, 3.8) is 0 Å². The Hall–Kier alpha value is -1.43. The molecule has 0 radical (unpaired) electrons. The normalized spacial score (nSPS) is 18.6. The number of aromatic carboxylic acids is 1. The SMILES string of the molecule is CCN1CCCC1CN(CCN(C)C)Cc1ccc(C(=O)O)cc1. The standard InChI is InChI=1S/C19H31N3O2/c1-4-22-11-5-6-18(22)15-21(13-12-20(2)3)14-16-7-9-17(10-8-16)19(23)24/h7-10,18H,4-6,11-15H2,1-3H3,(H,23,24). The summed E-state index contributed by atoms with van der Waals surface area (Å²) in [5.74, 6) is -0.865. The van der Waals surface area contributed by atoms with Crippen LogP contribution >= 0.6 is 0 Å². The fourth-order valence-electron chi connectivity index (χ4n) is 3.40. The second kappa shape index (κ2) is 9.16. The monoisotopic (exact) mass is 333 g/mol. The van der Waals surface area contributed by atoms with Crippen LogP contribution in [-0.4, -0.2) is 78.6 Å². The van der Waals surface area contributed by atoms with E-state index in [2.05, 4.69) is 35.7 Å². The first-order valence-corrected chi connectivity index (χ1v) is 8.93. The molecule has 1 aromatic carbocycles. The summed E-state index contributed by atoms with van der Waals surface area (Å²) in [6, 6.07) is 7.94. The molecule has 1 atom stereocenters. The smallest absolute Gasteiger partial charge is 0.335 e. The van der Waals surface area contributed by atoms with E-state index in [-0.39, 0.29) is 0 Å². The third kappa shape index (κ3) is 5.58. The summed E-state index contributed by atoms with van der Waals surface area (Å²) in [6.45, 7) is 8.61. The summed E-state index contributed by atoms with van der Waals surface area (Å²) < 4.78 is 0. The number of rotatable bonds is 9. The molecular weight excluding hydrogens is 302 g/mol. The molecule has 2 rings (SSSR count). The molecule has 0 aliphatic carbocycles. The number of carboxylic acids is 1. The molecule has 1 aromatic rings. The number of carboxylic acid groups (broad SMARTS) is 1. The van der Waals surface area contributed by atoms with E-state index >= 15 is 0 Å². The largest absolute Gasteiger partial charge is 0.478 e. The molecule has 1 N–H and O–H groups in total. The lowest BCUT2D eigenvalue weighted by Gasteiger charge is -2.31. The predicted molar refractivity (Wildman–Crippen MR) is 97.5 cm³/mol. The zero-order valence-corrected chi connectivity index (χ0v) is 15.2. The van der Waals surface area contributed by atoms with Gasteiger partial charge in [0.1, 0.15) is 0 Å². The van der Waals surface area contributed by atoms with Crippen LogP contribution in [0.25, 0.3) is 0 Å². The maximum atomic E-state index is 11.0. The van der Waals surface area contributed by atoms with Gasteiger partial charge in [0, 0.05) is 32.2 Å². The topological polar surface area (TPSA) is 47.0 Å². The lowest BCUT2D eigenvalue weighted by molar-refractivity contribution is 0.0697. The molecule has 134 valence electrons. The van der Waals surface area contributed by atoms with Gasteiger partial charge in [0.05, 0.1) is 5.56 Å². The molecular formula is C19H31N3O2. The van der Waals surface area contributed by atoms with Crippen LogP contribution in [0.4, 0.5) is 0 Å². The van der Waals surface area contributed by atoms with Crippen molar-refractivity contribution in [2.75, 3.05) is 46.8 Å². The summed E-state index contributed by atoms with van der Waals surface area (Å²) in [6.07, 6.45) is 2.58. The molecule has 0 bridgehead atoms. The molecule has 5 heteroatoms. The zero-order chi connectivity index (χ0) is 17.5. The first kappa shape index (κ1) is 18.9. The van der Waals surface area contributed by atoms with Crippen molar-refractivity contribution in [3.8, 4) is 0 Å². The minimum Gasteiger partial charge on any atom is -0.478 e. The molecule has 0 saturated carbocycles. The van der Waals surface area contributed by atoms with Gasteiger partial charge in [0.25, 0.3) is 0 Å². The molecule has 1 unspecified atom stereocenters. The number of likely N-dealkylation sites (N-methyl/N-ethyl adjacent to an activating group) is 2. The van der Waals surface area contributed by atoms with Crippen molar-refractivity contribution < 1.29 is 9.90 Å². The van der Waals surface area contributed by atoms with Crippen molar-refractivity contribution in [1.29, 1.82) is 0 Å². The Balaban J connectivity index is 2.00. The molecule has 1 aliphatic heterocycles. The van der Waals surface area contributed by atoms with Gasteiger partial charge in [-0.15, -0.1) is 0 Å². The molecule has 0 amide bonds. The number of hydrogen-bond acceptors (Lipinski definition) is 4. The minimum absolute atomic E-state index is 0.353. The molecule has 5 nitrogen and oxygen atoms in total. The fourth-order valence-corrected chi connectivity index (χ4v) is 3.40. The Labute approximate surface area is 145 Å². The van der Waals surface area contributed by atoms with Gasteiger partial charge in [-0.2, -0.15) is 0 Å². The Bertz CT molecular complexity index is 516. The van der Waals surface area contributed by atoms with E-state index in [1.165, 1.54) is 24.9 Å². The van der Waals surface area contributed by atoms with Crippen molar-refractivity contribution in [2.45, 2.75) is 32.4 Å². The average Bonchev–Trinajstić information content (AvgIpc) is 3.00. The van der Waals surface area contributed by atoms with Crippen LogP contribution in [0.5, 0.6) is 0 Å². The highest BCUT2D eigenvalue weighted by Gasteiger charge is 2.25. The molecule has 1 saturated heterocycles. The Morgan fingerprint density at radius 3 is 2.54 bits per heavy atom. The van der Waals surface area contributed by atoms with E-state index in [1.54, 1.807) is 12.1 Å². The van der Waals surface area contributed by atoms with Crippen LogP contribution < -0.4 is 0 Å². The average molecular weight is 333 g/mol. The first-order chi connectivity index (χ1) is 11.5. The Kier molecular flexibility index (Phi) is 7.21. The maximum absolute atomic E-state index is 11.0.